The SMILES string of the molecule is CCC(=O)CCC(=O)O.CCOC(=O)CCC(=O)CCC(=O)OCC.N/N=N/N=N/[N-]O.O=C=O.[Na+]. The molecule has 0 heterocycles. The average molecular weight is 530 g/mol. The molecule has 0 amide bonds. The van der Waals surface area contributed by atoms with Crippen LogP contribution in [0, 0.1) is 0 Å². The summed E-state index contributed by atoms with van der Waals surface area (Å²) >= 11 is 0. The Balaban J connectivity index is -0.000000136. The van der Waals surface area contributed by atoms with Gasteiger partial charge in [0.2, 0.25) is 0 Å². The van der Waals surface area contributed by atoms with Crippen LogP contribution in [0.2, 0.25) is 0 Å². The molecule has 0 aliphatic rings. The van der Waals surface area contributed by atoms with E-state index in [1.165, 1.54) is 0 Å². The van der Waals surface area contributed by atoms with Gasteiger partial charge >= 0.3 is 53.6 Å². The summed E-state index contributed by atoms with van der Waals surface area (Å²) < 4.78 is 9.35. The van der Waals surface area contributed by atoms with E-state index < -0.39 is 5.97 Å². The number of nitrogens with two attached hydrogens (primary N) is 1. The van der Waals surface area contributed by atoms with Crippen LogP contribution < -0.4 is 35.4 Å². The zero-order chi connectivity index (χ0) is 27.9. The molecule has 0 aromatic heterocycles. The van der Waals surface area contributed by atoms with Crippen LogP contribution in [0.1, 0.15) is 65.7 Å². The molecule has 17 nitrogen and oxygen atoms in total. The van der Waals surface area contributed by atoms with Crippen LogP contribution >= 0.6 is 0 Å². The second kappa shape index (κ2) is 36.5. The maximum absolute atomic E-state index is 11.2. The number of esters is 2. The molecule has 36 heavy (non-hydrogen) atoms. The number of carbonyl (C=O) groups is 5. The number of hydrogen-bond donors (Lipinski definition) is 3. The van der Waals surface area contributed by atoms with Gasteiger partial charge in [0, 0.05) is 25.7 Å². The van der Waals surface area contributed by atoms with Crippen LogP contribution in [0.25, 0.3) is 5.59 Å². The number of carboxylic acids is 1. The molecular weight excluding hydrogens is 499 g/mol. The first-order chi connectivity index (χ1) is 16.6. The van der Waals surface area contributed by atoms with Gasteiger partial charge in [0.05, 0.1) is 32.5 Å². The molecule has 0 aliphatic carbocycles. The molecule has 4 N–H and O–H groups in total. The van der Waals surface area contributed by atoms with Crippen LogP contribution in [0.3, 0.4) is 0 Å². The van der Waals surface area contributed by atoms with Gasteiger partial charge in [-0.15, -0.1) is 5.22 Å². The van der Waals surface area contributed by atoms with E-state index in [0.29, 0.717) is 19.6 Å². The van der Waals surface area contributed by atoms with Gasteiger partial charge in [0.1, 0.15) is 11.6 Å². The molecule has 0 aromatic rings. The third kappa shape index (κ3) is 48.4. The number of Topliss-reactive ketones (excluding diaryl/α,β-unsaturated/α-hetero) is 2. The molecule has 0 saturated carbocycles. The fourth-order valence-electron chi connectivity index (χ4n) is 1.56. The molecule has 18 heteroatoms. The van der Waals surface area contributed by atoms with Gasteiger partial charge in [-0.1, -0.05) is 12.1 Å². The summed E-state index contributed by atoms with van der Waals surface area (Å²) in [5.74, 6) is 2.67. The van der Waals surface area contributed by atoms with E-state index in [1.54, 1.807) is 20.8 Å². The Labute approximate surface area is 229 Å². The monoisotopic (exact) mass is 530 g/mol. The second-order valence-electron chi connectivity index (χ2n) is 5.49. The maximum atomic E-state index is 11.2. The number of carboxylic acid groups (broad SMARTS) is 1. The van der Waals surface area contributed by atoms with Crippen molar-refractivity contribution in [3.8, 4) is 0 Å². The Kier molecular flexibility index (Phi) is 43.5. The van der Waals surface area contributed by atoms with Crippen molar-refractivity contribution >= 4 is 35.6 Å². The third-order valence-corrected chi connectivity index (χ3v) is 3.01. The first kappa shape index (κ1) is 43.0. The van der Waals surface area contributed by atoms with Gasteiger partial charge in [-0.2, -0.15) is 9.59 Å². The Morgan fingerprint density at radius 2 is 1.22 bits per heavy atom. The number of rotatable bonds is 14. The minimum absolute atomic E-state index is 0. The van der Waals surface area contributed by atoms with Crippen LogP contribution in [0.4, 0.5) is 0 Å². The van der Waals surface area contributed by atoms with E-state index in [2.05, 4.69) is 41.8 Å². The van der Waals surface area contributed by atoms with Gasteiger partial charge in [-0.3, -0.25) is 29.6 Å². The molecule has 0 aromatic carbocycles. The molecule has 0 spiro atoms. The van der Waals surface area contributed by atoms with E-state index in [1.807, 2.05) is 0 Å². The molecular formula is C18H31N6NaO11. The van der Waals surface area contributed by atoms with Crippen LogP contribution in [-0.2, 0) is 43.0 Å². The molecule has 0 rings (SSSR count). The van der Waals surface area contributed by atoms with Crippen LogP contribution in [-0.4, -0.2) is 59.2 Å². The van der Waals surface area contributed by atoms with E-state index in [-0.39, 0.29) is 97.7 Å². The van der Waals surface area contributed by atoms with Gasteiger partial charge in [0.15, 0.2) is 0 Å². The average Bonchev–Trinajstić information content (AvgIpc) is 2.82. The molecule has 0 bridgehead atoms. The van der Waals surface area contributed by atoms with Crippen molar-refractivity contribution < 1.29 is 82.9 Å². The number of aliphatic carboxylic acids is 1. The van der Waals surface area contributed by atoms with E-state index in [9.17, 15) is 24.0 Å². The number of hydrogen-bond acceptors (Lipinski definition) is 12. The molecule has 0 unspecified atom stereocenters. The Morgan fingerprint density at radius 1 is 0.806 bits per heavy atom. The molecule has 0 radical (unpaired) electrons. The summed E-state index contributed by atoms with van der Waals surface area (Å²) in [6.45, 7) is 5.77. The summed E-state index contributed by atoms with van der Waals surface area (Å²) in [4.78, 5) is 69.7. The number of ether oxygens (including phenoxy) is 2. The largest absolute Gasteiger partial charge is 1.00 e. The number of carbonyl (C=O) groups excluding carboxylic acids is 6. The summed E-state index contributed by atoms with van der Waals surface area (Å²) in [5, 5.41) is 26.4. The Morgan fingerprint density at radius 3 is 1.53 bits per heavy atom. The van der Waals surface area contributed by atoms with Crippen molar-refractivity contribution in [3.63, 3.8) is 0 Å². The number of ketones is 2. The summed E-state index contributed by atoms with van der Waals surface area (Å²) in [6, 6.07) is 0. The third-order valence-electron chi connectivity index (χ3n) is 3.01. The Hall–Kier alpha value is -3.11. The predicted octanol–water partition coefficient (Wildman–Crippen LogP) is -1.15. The quantitative estimate of drug-likeness (QED) is 0.0789. The van der Waals surface area contributed by atoms with Crippen molar-refractivity contribution in [2.45, 2.75) is 65.7 Å². The Bertz CT molecular complexity index is 675. The molecule has 0 aliphatic heterocycles. The van der Waals surface area contributed by atoms with Crippen molar-refractivity contribution in [1.29, 1.82) is 0 Å². The van der Waals surface area contributed by atoms with E-state index in [0.717, 1.165) is 0 Å². The van der Waals surface area contributed by atoms with Crippen LogP contribution in [0.5, 0.6) is 0 Å². The fraction of sp³-hybridized carbons (Fsp3) is 0.667. The predicted molar refractivity (Wildman–Crippen MR) is 113 cm³/mol. The zero-order valence-electron chi connectivity index (χ0n) is 20.7. The number of nitrogens with zero attached hydrogens (tertiary/aromatic N) is 5. The topological polar surface area (TPSA) is 268 Å². The minimum Gasteiger partial charge on any atom is -0.481 e. The first-order valence-electron chi connectivity index (χ1n) is 9.99. The summed E-state index contributed by atoms with van der Waals surface area (Å²) in [6.07, 6.45) is 1.23. The van der Waals surface area contributed by atoms with Crippen molar-refractivity contribution in [3.05, 3.63) is 5.59 Å². The van der Waals surface area contributed by atoms with Crippen molar-refractivity contribution in [1.82, 2.24) is 0 Å². The van der Waals surface area contributed by atoms with Gasteiger partial charge in [0.25, 0.3) is 0 Å². The van der Waals surface area contributed by atoms with E-state index >= 15 is 0 Å². The van der Waals surface area contributed by atoms with Gasteiger partial charge < -0.3 is 25.6 Å². The normalized spacial score (nSPS) is 8.89. The minimum atomic E-state index is -0.906. The summed E-state index contributed by atoms with van der Waals surface area (Å²) in [5.41, 5.74) is 2.22. The second-order valence-corrected chi connectivity index (χ2v) is 5.49. The molecule has 0 saturated heterocycles. The standard InChI is InChI=1S/C11H18O5.C6H10O3.CO2.H3N6O.Na/c1-3-15-10(13)7-5-9(12)6-8-11(14)16-4-2;1-2-5(7)3-4-6(8)9;2-1-3;1-2-3-4-5-6-7;/h3-8H2,1-2H3;2-4H2,1H3,(H,8,9);;(H3-,1,2,3,4,5,6,7);/q;;;-1;+1. The van der Waals surface area contributed by atoms with Crippen molar-refractivity contribution in [2.75, 3.05) is 13.2 Å². The fourth-order valence-corrected chi connectivity index (χ4v) is 1.56. The van der Waals surface area contributed by atoms with Gasteiger partial charge in [-0.25, -0.2) is 10.4 Å². The molecule has 0 atom stereocenters. The zero-order valence-corrected chi connectivity index (χ0v) is 22.7. The maximum Gasteiger partial charge on any atom is 1.00 e. The first-order valence-corrected chi connectivity index (χ1v) is 9.99. The van der Waals surface area contributed by atoms with Crippen molar-refractivity contribution in [2.24, 2.45) is 26.7 Å². The van der Waals surface area contributed by atoms with Gasteiger partial charge in [-0.05, 0) is 13.8 Å². The van der Waals surface area contributed by atoms with Crippen LogP contribution in [0.15, 0.2) is 20.9 Å². The molecule has 0 fully saturated rings. The molecule has 200 valence electrons. The summed E-state index contributed by atoms with van der Waals surface area (Å²) in [7, 11) is 0. The van der Waals surface area contributed by atoms with E-state index in [4.69, 9.17) is 19.9 Å². The smallest absolute Gasteiger partial charge is 0.481 e.